The molecule has 23 heavy (non-hydrogen) atoms. The Hall–Kier alpha value is -2.15. The van der Waals surface area contributed by atoms with E-state index in [0.29, 0.717) is 26.1 Å². The average Bonchev–Trinajstić information content (AvgIpc) is 2.52. The summed E-state index contributed by atoms with van der Waals surface area (Å²) in [6, 6.07) is 6.12. The molecule has 1 amide bonds. The normalized spacial score (nSPS) is 17.8. The molecule has 1 heterocycles. The largest absolute Gasteiger partial charge is 0.491 e. The van der Waals surface area contributed by atoms with Crippen molar-refractivity contribution in [3.05, 3.63) is 30.1 Å². The smallest absolute Gasteiger partial charge is 0.306 e. The fourth-order valence-corrected chi connectivity index (χ4v) is 2.39. The van der Waals surface area contributed by atoms with Crippen molar-refractivity contribution in [3.8, 4) is 5.75 Å². The quantitative estimate of drug-likeness (QED) is 0.772. The second kappa shape index (κ2) is 8.47. The summed E-state index contributed by atoms with van der Waals surface area (Å²) in [7, 11) is 0. The van der Waals surface area contributed by atoms with E-state index in [2.05, 4.69) is 0 Å². The third kappa shape index (κ3) is 5.52. The molecule has 0 spiro atoms. The number of carbonyl (C=O) groups is 2. The van der Waals surface area contributed by atoms with E-state index in [-0.39, 0.29) is 31.1 Å². The van der Waals surface area contributed by atoms with Crippen LogP contribution < -0.4 is 4.74 Å². The number of aliphatic carboxylic acids is 1. The summed E-state index contributed by atoms with van der Waals surface area (Å²) in [6.45, 7) is 1.34. The highest BCUT2D eigenvalue weighted by atomic mass is 19.1. The summed E-state index contributed by atoms with van der Waals surface area (Å²) >= 11 is 0. The first-order valence-electron chi connectivity index (χ1n) is 7.55. The highest BCUT2D eigenvalue weighted by Gasteiger charge is 2.25. The SMILES string of the molecule is O=C(O)C[C@@H]1CN(C(=O)CCCOc2ccccc2F)CCO1. The van der Waals surface area contributed by atoms with Crippen molar-refractivity contribution in [2.75, 3.05) is 26.3 Å². The first-order chi connectivity index (χ1) is 11.1. The van der Waals surface area contributed by atoms with Gasteiger partial charge in [-0.05, 0) is 18.6 Å². The van der Waals surface area contributed by atoms with Gasteiger partial charge in [-0.2, -0.15) is 0 Å². The van der Waals surface area contributed by atoms with E-state index in [1.807, 2.05) is 0 Å². The maximum Gasteiger partial charge on any atom is 0.306 e. The van der Waals surface area contributed by atoms with E-state index in [1.165, 1.54) is 12.1 Å². The van der Waals surface area contributed by atoms with E-state index in [1.54, 1.807) is 17.0 Å². The number of benzene rings is 1. The lowest BCUT2D eigenvalue weighted by atomic mass is 10.2. The zero-order valence-corrected chi connectivity index (χ0v) is 12.7. The van der Waals surface area contributed by atoms with Crippen LogP contribution in [0.1, 0.15) is 19.3 Å². The van der Waals surface area contributed by atoms with Crippen molar-refractivity contribution in [2.45, 2.75) is 25.4 Å². The standard InChI is InChI=1S/C16H20FNO5/c17-13-4-1-2-5-14(13)23-8-3-6-15(19)18-7-9-22-12(11-18)10-16(20)21/h1-2,4-5,12H,3,6-11H2,(H,20,21)/t12-/m1/s1. The number of ether oxygens (including phenoxy) is 2. The zero-order chi connectivity index (χ0) is 16.7. The number of rotatable bonds is 7. The van der Waals surface area contributed by atoms with Gasteiger partial charge in [-0.1, -0.05) is 12.1 Å². The van der Waals surface area contributed by atoms with Crippen molar-refractivity contribution in [2.24, 2.45) is 0 Å². The van der Waals surface area contributed by atoms with Gasteiger partial charge < -0.3 is 19.5 Å². The number of carbonyl (C=O) groups excluding carboxylic acids is 1. The Balaban J connectivity index is 1.70. The number of halogens is 1. The van der Waals surface area contributed by atoms with E-state index < -0.39 is 17.9 Å². The Morgan fingerprint density at radius 2 is 2.17 bits per heavy atom. The molecule has 6 nitrogen and oxygen atoms in total. The molecule has 1 aromatic carbocycles. The summed E-state index contributed by atoms with van der Waals surface area (Å²) in [5, 5.41) is 8.76. The molecule has 0 unspecified atom stereocenters. The summed E-state index contributed by atoms with van der Waals surface area (Å²) in [5.41, 5.74) is 0. The van der Waals surface area contributed by atoms with Gasteiger partial charge in [0.25, 0.3) is 0 Å². The number of amides is 1. The Morgan fingerprint density at radius 3 is 2.91 bits per heavy atom. The summed E-state index contributed by atoms with van der Waals surface area (Å²) < 4.78 is 24.0. The fraction of sp³-hybridized carbons (Fsp3) is 0.500. The molecule has 1 N–H and O–H groups in total. The van der Waals surface area contributed by atoms with Gasteiger partial charge in [0.2, 0.25) is 5.91 Å². The minimum absolute atomic E-state index is 0.0687. The van der Waals surface area contributed by atoms with E-state index in [0.717, 1.165) is 0 Å². The average molecular weight is 325 g/mol. The Bertz CT molecular complexity index is 551. The van der Waals surface area contributed by atoms with Crippen LogP contribution in [-0.4, -0.2) is 54.3 Å². The second-order valence-electron chi connectivity index (χ2n) is 5.31. The number of carboxylic acid groups (broad SMARTS) is 1. The fourth-order valence-electron chi connectivity index (χ4n) is 2.39. The minimum atomic E-state index is -0.942. The maximum atomic E-state index is 13.4. The van der Waals surface area contributed by atoms with Gasteiger partial charge in [0.15, 0.2) is 11.6 Å². The lowest BCUT2D eigenvalue weighted by molar-refractivity contribution is -0.147. The first kappa shape index (κ1) is 17.2. The highest BCUT2D eigenvalue weighted by Crippen LogP contribution is 2.16. The monoisotopic (exact) mass is 325 g/mol. The van der Waals surface area contributed by atoms with E-state index in [9.17, 15) is 14.0 Å². The highest BCUT2D eigenvalue weighted by molar-refractivity contribution is 5.76. The summed E-state index contributed by atoms with van der Waals surface area (Å²) in [4.78, 5) is 24.4. The Kier molecular flexibility index (Phi) is 6.34. The third-order valence-electron chi connectivity index (χ3n) is 3.52. The second-order valence-corrected chi connectivity index (χ2v) is 5.31. The number of carboxylic acids is 1. The molecule has 126 valence electrons. The molecule has 0 radical (unpaired) electrons. The van der Waals surface area contributed by atoms with Crippen LogP contribution in [0.4, 0.5) is 4.39 Å². The molecule has 7 heteroatoms. The Labute approximate surface area is 133 Å². The van der Waals surface area contributed by atoms with E-state index in [4.69, 9.17) is 14.6 Å². The molecule has 0 bridgehead atoms. The predicted molar refractivity (Wildman–Crippen MR) is 79.7 cm³/mol. The number of hydrogen-bond acceptors (Lipinski definition) is 4. The minimum Gasteiger partial charge on any atom is -0.491 e. The van der Waals surface area contributed by atoms with Crippen LogP contribution in [0.2, 0.25) is 0 Å². The summed E-state index contributed by atoms with van der Waals surface area (Å²) in [5.74, 6) is -1.26. The predicted octanol–water partition coefficient (Wildman–Crippen LogP) is 1.69. The van der Waals surface area contributed by atoms with Gasteiger partial charge in [-0.25, -0.2) is 4.39 Å². The molecule has 1 fully saturated rings. The molecule has 0 saturated carbocycles. The zero-order valence-electron chi connectivity index (χ0n) is 12.7. The molecule has 1 aliphatic rings. The lowest BCUT2D eigenvalue weighted by Crippen LogP contribution is -2.46. The Morgan fingerprint density at radius 1 is 1.39 bits per heavy atom. The molecule has 0 aromatic heterocycles. The number of para-hydroxylation sites is 1. The van der Waals surface area contributed by atoms with Crippen LogP contribution in [-0.2, 0) is 14.3 Å². The van der Waals surface area contributed by atoms with Crippen LogP contribution in [0.25, 0.3) is 0 Å². The number of hydrogen-bond donors (Lipinski definition) is 1. The lowest BCUT2D eigenvalue weighted by Gasteiger charge is -2.32. The first-order valence-corrected chi connectivity index (χ1v) is 7.55. The molecular weight excluding hydrogens is 305 g/mol. The van der Waals surface area contributed by atoms with E-state index >= 15 is 0 Å². The van der Waals surface area contributed by atoms with Crippen LogP contribution in [0.15, 0.2) is 24.3 Å². The van der Waals surface area contributed by atoms with Crippen LogP contribution >= 0.6 is 0 Å². The number of morpholine rings is 1. The van der Waals surface area contributed by atoms with Gasteiger partial charge >= 0.3 is 5.97 Å². The van der Waals surface area contributed by atoms with Crippen molar-refractivity contribution < 1.29 is 28.6 Å². The van der Waals surface area contributed by atoms with Gasteiger partial charge in [-0.15, -0.1) is 0 Å². The molecule has 0 aliphatic carbocycles. The van der Waals surface area contributed by atoms with Crippen LogP contribution in [0, 0.1) is 5.82 Å². The summed E-state index contributed by atoms with van der Waals surface area (Å²) in [6.07, 6.45) is 0.169. The van der Waals surface area contributed by atoms with Crippen LogP contribution in [0.5, 0.6) is 5.75 Å². The van der Waals surface area contributed by atoms with Crippen LogP contribution in [0.3, 0.4) is 0 Å². The van der Waals surface area contributed by atoms with Crippen molar-refractivity contribution in [3.63, 3.8) is 0 Å². The molecule has 1 aromatic rings. The topological polar surface area (TPSA) is 76.1 Å². The molecule has 1 atom stereocenters. The maximum absolute atomic E-state index is 13.4. The molecule has 1 aliphatic heterocycles. The van der Waals surface area contributed by atoms with Gasteiger partial charge in [-0.3, -0.25) is 9.59 Å². The number of nitrogens with zero attached hydrogens (tertiary/aromatic N) is 1. The molecule has 1 saturated heterocycles. The van der Waals surface area contributed by atoms with Crippen molar-refractivity contribution in [1.29, 1.82) is 0 Å². The van der Waals surface area contributed by atoms with Crippen molar-refractivity contribution in [1.82, 2.24) is 4.90 Å². The van der Waals surface area contributed by atoms with Gasteiger partial charge in [0, 0.05) is 19.5 Å². The third-order valence-corrected chi connectivity index (χ3v) is 3.52. The van der Waals surface area contributed by atoms with Gasteiger partial charge in [0.05, 0.1) is 25.7 Å². The molecular formula is C16H20FNO5. The molecule has 2 rings (SSSR count). The van der Waals surface area contributed by atoms with Gasteiger partial charge in [0.1, 0.15) is 0 Å². The van der Waals surface area contributed by atoms with Crippen molar-refractivity contribution >= 4 is 11.9 Å².